The first-order valence-electron chi connectivity index (χ1n) is 31.8. The summed E-state index contributed by atoms with van der Waals surface area (Å²) in [5.74, 6) is -0.0693. The Hall–Kier alpha value is -1.92. The maximum atomic E-state index is 12.5. The Morgan fingerprint density at radius 2 is 0.676 bits per heavy atom. The van der Waals surface area contributed by atoms with Crippen molar-refractivity contribution in [2.75, 3.05) is 13.2 Å². The van der Waals surface area contributed by atoms with Crippen LogP contribution >= 0.6 is 0 Å². The molecular weight excluding hydrogens is 875 g/mol. The summed E-state index contributed by atoms with van der Waals surface area (Å²) in [6.07, 6.45) is 76.2. The Morgan fingerprint density at radius 3 is 1.04 bits per heavy atom. The lowest BCUT2D eigenvalue weighted by Gasteiger charge is -2.20. The fourth-order valence-corrected chi connectivity index (χ4v) is 9.73. The van der Waals surface area contributed by atoms with Crippen LogP contribution in [-0.2, 0) is 14.3 Å². The first-order chi connectivity index (χ1) is 35.0. The summed E-state index contributed by atoms with van der Waals surface area (Å²) in [7, 11) is 0. The molecule has 0 rings (SSSR count). The summed E-state index contributed by atoms with van der Waals surface area (Å²) in [5, 5.41) is 23.2. The maximum Gasteiger partial charge on any atom is 0.305 e. The SMILES string of the molecule is CCCC/C=C\CCCCCCCC(=O)OCCCCCCCCCCCCCC/C=C\CCCCCCCCCCC(=O)NC(CO)C(O)/C=C/CCCCCCCCCCCCCCCCCCC. The number of amides is 1. The Kier molecular flexibility index (Phi) is 59.0. The summed E-state index contributed by atoms with van der Waals surface area (Å²) in [5.41, 5.74) is 0. The van der Waals surface area contributed by atoms with Crippen molar-refractivity contribution in [2.45, 2.75) is 353 Å². The second-order valence-electron chi connectivity index (χ2n) is 21.7. The van der Waals surface area contributed by atoms with E-state index in [0.29, 0.717) is 19.4 Å². The molecular formula is C65H123NO5. The van der Waals surface area contributed by atoms with Crippen molar-refractivity contribution in [3.05, 3.63) is 36.5 Å². The van der Waals surface area contributed by atoms with Crippen molar-refractivity contribution in [1.29, 1.82) is 0 Å². The molecule has 0 aliphatic heterocycles. The van der Waals surface area contributed by atoms with Gasteiger partial charge in [-0.25, -0.2) is 0 Å². The van der Waals surface area contributed by atoms with Gasteiger partial charge in [0, 0.05) is 12.8 Å². The Labute approximate surface area is 443 Å². The summed E-state index contributed by atoms with van der Waals surface area (Å²) in [6.45, 7) is 4.88. The third kappa shape index (κ3) is 57.2. The Morgan fingerprint density at radius 1 is 0.380 bits per heavy atom. The van der Waals surface area contributed by atoms with Crippen LogP contribution in [-0.4, -0.2) is 47.4 Å². The van der Waals surface area contributed by atoms with Crippen LogP contribution in [0.25, 0.3) is 0 Å². The van der Waals surface area contributed by atoms with Crippen molar-refractivity contribution in [3.63, 3.8) is 0 Å². The molecule has 71 heavy (non-hydrogen) atoms. The van der Waals surface area contributed by atoms with Crippen LogP contribution in [0.5, 0.6) is 0 Å². The summed E-state index contributed by atoms with van der Waals surface area (Å²) in [4.78, 5) is 24.5. The molecule has 0 aromatic carbocycles. The number of aliphatic hydroxyl groups is 2. The number of carbonyl (C=O) groups excluding carboxylic acids is 2. The normalized spacial score (nSPS) is 12.8. The van der Waals surface area contributed by atoms with Gasteiger partial charge in [0.15, 0.2) is 0 Å². The van der Waals surface area contributed by atoms with Crippen LogP contribution in [0.3, 0.4) is 0 Å². The Bertz CT molecular complexity index is 1150. The van der Waals surface area contributed by atoms with Crippen molar-refractivity contribution in [1.82, 2.24) is 5.32 Å². The highest BCUT2D eigenvalue weighted by Gasteiger charge is 2.18. The number of nitrogens with one attached hydrogen (secondary N) is 1. The quantitative estimate of drug-likeness (QED) is 0.0321. The number of unbranched alkanes of at least 4 members (excludes halogenated alkanes) is 44. The number of aliphatic hydroxyl groups excluding tert-OH is 2. The number of carbonyl (C=O) groups is 2. The molecule has 0 spiro atoms. The van der Waals surface area contributed by atoms with Gasteiger partial charge in [-0.2, -0.15) is 0 Å². The lowest BCUT2D eigenvalue weighted by Crippen LogP contribution is -2.45. The first kappa shape index (κ1) is 69.1. The smallest absolute Gasteiger partial charge is 0.305 e. The summed E-state index contributed by atoms with van der Waals surface area (Å²) < 4.78 is 5.46. The number of ether oxygens (including phenoxy) is 1. The summed E-state index contributed by atoms with van der Waals surface area (Å²) >= 11 is 0. The lowest BCUT2D eigenvalue weighted by atomic mass is 10.0. The zero-order valence-electron chi connectivity index (χ0n) is 47.7. The van der Waals surface area contributed by atoms with E-state index in [-0.39, 0.29) is 18.5 Å². The van der Waals surface area contributed by atoms with Gasteiger partial charge in [-0.15, -0.1) is 0 Å². The number of allylic oxidation sites excluding steroid dienone is 5. The van der Waals surface area contributed by atoms with Crippen LogP contribution in [0.2, 0.25) is 0 Å². The molecule has 0 aliphatic carbocycles. The Balaban J connectivity index is 3.44. The minimum Gasteiger partial charge on any atom is -0.466 e. The van der Waals surface area contributed by atoms with E-state index >= 15 is 0 Å². The largest absolute Gasteiger partial charge is 0.466 e. The number of hydrogen-bond acceptors (Lipinski definition) is 5. The van der Waals surface area contributed by atoms with Gasteiger partial charge < -0.3 is 20.3 Å². The average Bonchev–Trinajstić information content (AvgIpc) is 3.37. The van der Waals surface area contributed by atoms with Gasteiger partial charge in [-0.3, -0.25) is 9.59 Å². The van der Waals surface area contributed by atoms with Crippen LogP contribution in [0.4, 0.5) is 0 Å². The van der Waals surface area contributed by atoms with E-state index in [0.717, 1.165) is 44.9 Å². The molecule has 0 radical (unpaired) electrons. The van der Waals surface area contributed by atoms with Crippen LogP contribution < -0.4 is 5.32 Å². The second kappa shape index (κ2) is 60.6. The van der Waals surface area contributed by atoms with E-state index in [1.54, 1.807) is 6.08 Å². The molecule has 418 valence electrons. The van der Waals surface area contributed by atoms with E-state index in [1.807, 2.05) is 6.08 Å². The van der Waals surface area contributed by atoms with Crippen molar-refractivity contribution in [3.8, 4) is 0 Å². The topological polar surface area (TPSA) is 95.9 Å². The minimum absolute atomic E-state index is 0.000945. The molecule has 0 fully saturated rings. The summed E-state index contributed by atoms with van der Waals surface area (Å²) in [6, 6.07) is -0.632. The van der Waals surface area contributed by atoms with E-state index in [1.165, 1.54) is 270 Å². The third-order valence-electron chi connectivity index (χ3n) is 14.6. The van der Waals surface area contributed by atoms with Gasteiger partial charge in [0.1, 0.15) is 0 Å². The highest BCUT2D eigenvalue weighted by atomic mass is 16.5. The molecule has 0 heterocycles. The van der Waals surface area contributed by atoms with E-state index in [9.17, 15) is 19.8 Å². The lowest BCUT2D eigenvalue weighted by molar-refractivity contribution is -0.143. The van der Waals surface area contributed by atoms with Crippen molar-refractivity contribution >= 4 is 11.9 Å². The maximum absolute atomic E-state index is 12.5. The molecule has 1 amide bonds. The molecule has 6 heteroatoms. The zero-order valence-corrected chi connectivity index (χ0v) is 47.7. The van der Waals surface area contributed by atoms with E-state index in [4.69, 9.17) is 4.74 Å². The monoisotopic (exact) mass is 998 g/mol. The van der Waals surface area contributed by atoms with Gasteiger partial charge in [-0.1, -0.05) is 288 Å². The fraction of sp³-hybridized carbons (Fsp3) is 0.877. The van der Waals surface area contributed by atoms with Crippen molar-refractivity contribution in [2.24, 2.45) is 0 Å². The molecule has 3 N–H and O–H groups in total. The fourth-order valence-electron chi connectivity index (χ4n) is 9.73. The molecule has 0 aromatic rings. The average molecular weight is 999 g/mol. The molecule has 0 aromatic heterocycles. The number of rotatable bonds is 59. The highest BCUT2D eigenvalue weighted by molar-refractivity contribution is 5.76. The van der Waals surface area contributed by atoms with Gasteiger partial charge in [0.2, 0.25) is 5.91 Å². The standard InChI is InChI=1S/C65H123NO5/c1-3-5-7-9-11-13-15-16-17-18-25-28-31-34-38-41-45-49-53-57-63(68)62(61-67)66-64(69)58-54-50-46-42-39-35-32-29-26-23-21-19-20-22-24-27-30-33-36-40-44-48-52-56-60-71-65(70)59-55-51-47-43-37-14-12-10-8-6-4-2/h10,12,21,23,53,57,62-63,67-68H,3-9,11,13-20,22,24-52,54-56,58-61H2,1-2H3,(H,66,69)/b12-10-,23-21-,57-53+. The minimum atomic E-state index is -0.848. The molecule has 0 bridgehead atoms. The van der Waals surface area contributed by atoms with E-state index in [2.05, 4.69) is 43.5 Å². The molecule has 0 saturated carbocycles. The van der Waals surface area contributed by atoms with Crippen molar-refractivity contribution < 1.29 is 24.5 Å². The molecule has 0 aliphatic rings. The molecule has 2 atom stereocenters. The zero-order chi connectivity index (χ0) is 51.4. The van der Waals surface area contributed by atoms with Crippen LogP contribution in [0, 0.1) is 0 Å². The van der Waals surface area contributed by atoms with E-state index < -0.39 is 12.1 Å². The molecule has 6 nitrogen and oxygen atoms in total. The van der Waals surface area contributed by atoms with Gasteiger partial charge in [0.05, 0.1) is 25.4 Å². The molecule has 0 saturated heterocycles. The van der Waals surface area contributed by atoms with Gasteiger partial charge in [-0.05, 0) is 77.0 Å². The molecule has 2 unspecified atom stereocenters. The second-order valence-corrected chi connectivity index (χ2v) is 21.7. The van der Waals surface area contributed by atoms with Crippen LogP contribution in [0.15, 0.2) is 36.5 Å². The first-order valence-corrected chi connectivity index (χ1v) is 31.8. The predicted octanol–water partition coefficient (Wildman–Crippen LogP) is 20.0. The highest BCUT2D eigenvalue weighted by Crippen LogP contribution is 2.17. The number of hydrogen-bond donors (Lipinski definition) is 3. The third-order valence-corrected chi connectivity index (χ3v) is 14.6. The van der Waals surface area contributed by atoms with Gasteiger partial charge >= 0.3 is 5.97 Å². The predicted molar refractivity (Wildman–Crippen MR) is 310 cm³/mol. The van der Waals surface area contributed by atoms with Gasteiger partial charge in [0.25, 0.3) is 0 Å². The van der Waals surface area contributed by atoms with Crippen LogP contribution in [0.1, 0.15) is 341 Å². The number of esters is 1.